The van der Waals surface area contributed by atoms with E-state index in [0.29, 0.717) is 18.2 Å². The Morgan fingerprint density at radius 1 is 1.45 bits per heavy atom. The van der Waals surface area contributed by atoms with Gasteiger partial charge in [0.15, 0.2) is 0 Å². The summed E-state index contributed by atoms with van der Waals surface area (Å²) in [4.78, 5) is 14.3. The largest absolute Gasteiger partial charge is 0.351 e. The number of rotatable bonds is 6. The van der Waals surface area contributed by atoms with Crippen molar-refractivity contribution in [2.24, 2.45) is 0 Å². The Kier molecular flexibility index (Phi) is 5.55. The molecule has 1 fully saturated rings. The summed E-state index contributed by atoms with van der Waals surface area (Å²) in [7, 11) is 0. The van der Waals surface area contributed by atoms with Gasteiger partial charge in [0.2, 0.25) is 0 Å². The zero-order chi connectivity index (χ0) is 14.4. The summed E-state index contributed by atoms with van der Waals surface area (Å²) in [6.07, 6.45) is 0.979. The van der Waals surface area contributed by atoms with E-state index in [-0.39, 0.29) is 5.91 Å². The molecule has 2 rings (SSSR count). The fourth-order valence-corrected chi connectivity index (χ4v) is 2.28. The van der Waals surface area contributed by atoms with E-state index in [4.69, 9.17) is 0 Å². The van der Waals surface area contributed by atoms with Crippen molar-refractivity contribution in [3.63, 3.8) is 0 Å². The first-order valence-electron chi connectivity index (χ1n) is 7.43. The lowest BCUT2D eigenvalue weighted by atomic mass is 10.1. The van der Waals surface area contributed by atoms with E-state index in [0.717, 1.165) is 44.8 Å². The van der Waals surface area contributed by atoms with Crippen LogP contribution in [-0.2, 0) is 0 Å². The number of hydrogen-bond acceptors (Lipinski definition) is 4. The van der Waals surface area contributed by atoms with Gasteiger partial charge in [0.25, 0.3) is 5.91 Å². The van der Waals surface area contributed by atoms with E-state index < -0.39 is 0 Å². The first-order valence-corrected chi connectivity index (χ1v) is 7.43. The predicted molar refractivity (Wildman–Crippen MR) is 78.9 cm³/mol. The Balaban J connectivity index is 1.66. The van der Waals surface area contributed by atoms with Crippen molar-refractivity contribution in [3.8, 4) is 0 Å². The molecule has 0 aliphatic carbocycles. The molecule has 0 bridgehead atoms. The second-order valence-electron chi connectivity index (χ2n) is 5.56. The van der Waals surface area contributed by atoms with Gasteiger partial charge in [-0.1, -0.05) is 13.8 Å². The summed E-state index contributed by atoms with van der Waals surface area (Å²) < 4.78 is 0. The van der Waals surface area contributed by atoms with Gasteiger partial charge in [-0.2, -0.15) is 5.10 Å². The van der Waals surface area contributed by atoms with Crippen LogP contribution in [0.15, 0.2) is 6.07 Å². The second kappa shape index (κ2) is 7.40. The number of piperazine rings is 1. The molecule has 20 heavy (non-hydrogen) atoms. The van der Waals surface area contributed by atoms with Gasteiger partial charge in [0.05, 0.1) is 0 Å². The maximum Gasteiger partial charge on any atom is 0.271 e. The van der Waals surface area contributed by atoms with Crippen molar-refractivity contribution in [1.82, 2.24) is 25.7 Å². The summed E-state index contributed by atoms with van der Waals surface area (Å²) in [6, 6.07) is 1.83. The summed E-state index contributed by atoms with van der Waals surface area (Å²) in [6.45, 7) is 10.2. The van der Waals surface area contributed by atoms with E-state index in [1.165, 1.54) is 0 Å². The highest BCUT2D eigenvalue weighted by Gasteiger charge is 2.12. The molecule has 1 saturated heterocycles. The molecule has 2 heterocycles. The fraction of sp³-hybridized carbons (Fsp3) is 0.714. The number of amides is 1. The third kappa shape index (κ3) is 4.31. The molecule has 0 spiro atoms. The molecule has 6 heteroatoms. The van der Waals surface area contributed by atoms with E-state index in [1.807, 2.05) is 6.07 Å². The topological polar surface area (TPSA) is 73.1 Å². The standard InChI is InChI=1S/C14H25N5O/c1-11(2)12-10-13(18-17-12)14(20)16-4-3-7-19-8-5-15-6-9-19/h10-11,15H,3-9H2,1-2H3,(H,16,20)(H,17,18). The fourth-order valence-electron chi connectivity index (χ4n) is 2.28. The molecule has 3 N–H and O–H groups in total. The lowest BCUT2D eigenvalue weighted by molar-refractivity contribution is 0.0946. The van der Waals surface area contributed by atoms with E-state index in [1.54, 1.807) is 0 Å². The van der Waals surface area contributed by atoms with Crippen molar-refractivity contribution < 1.29 is 4.79 Å². The summed E-state index contributed by atoms with van der Waals surface area (Å²) in [5.74, 6) is 0.269. The molecule has 1 aromatic rings. The van der Waals surface area contributed by atoms with Crippen molar-refractivity contribution in [1.29, 1.82) is 0 Å². The summed E-state index contributed by atoms with van der Waals surface area (Å²) in [5.41, 5.74) is 1.48. The Bertz CT molecular complexity index is 423. The highest BCUT2D eigenvalue weighted by atomic mass is 16.1. The number of aromatic amines is 1. The molecule has 6 nitrogen and oxygen atoms in total. The van der Waals surface area contributed by atoms with Gasteiger partial charge < -0.3 is 15.5 Å². The van der Waals surface area contributed by atoms with Crippen molar-refractivity contribution in [2.45, 2.75) is 26.2 Å². The van der Waals surface area contributed by atoms with Crippen LogP contribution in [0.25, 0.3) is 0 Å². The van der Waals surface area contributed by atoms with E-state index >= 15 is 0 Å². The van der Waals surface area contributed by atoms with Crippen LogP contribution in [-0.4, -0.2) is 60.3 Å². The average molecular weight is 279 g/mol. The van der Waals surface area contributed by atoms with Gasteiger partial charge in [-0.25, -0.2) is 0 Å². The molecular weight excluding hydrogens is 254 g/mol. The zero-order valence-electron chi connectivity index (χ0n) is 12.4. The van der Waals surface area contributed by atoms with Crippen LogP contribution in [0, 0.1) is 0 Å². The molecule has 1 aliphatic heterocycles. The molecule has 1 aromatic heterocycles. The van der Waals surface area contributed by atoms with Gasteiger partial charge in [0.1, 0.15) is 5.69 Å². The predicted octanol–water partition coefficient (Wildman–Crippen LogP) is 0.558. The lowest BCUT2D eigenvalue weighted by Crippen LogP contribution is -2.44. The zero-order valence-corrected chi connectivity index (χ0v) is 12.4. The molecule has 1 aliphatic rings. The van der Waals surface area contributed by atoms with E-state index in [2.05, 4.69) is 39.6 Å². The molecule has 0 unspecified atom stereocenters. The van der Waals surface area contributed by atoms with Crippen LogP contribution in [0.3, 0.4) is 0 Å². The highest BCUT2D eigenvalue weighted by molar-refractivity contribution is 5.92. The molecule has 0 atom stereocenters. The van der Waals surface area contributed by atoms with Crippen molar-refractivity contribution in [2.75, 3.05) is 39.3 Å². The number of nitrogens with zero attached hydrogens (tertiary/aromatic N) is 2. The van der Waals surface area contributed by atoms with Crippen LogP contribution in [0.5, 0.6) is 0 Å². The van der Waals surface area contributed by atoms with Gasteiger partial charge in [-0.05, 0) is 24.9 Å². The first kappa shape index (κ1) is 15.0. The van der Waals surface area contributed by atoms with Crippen LogP contribution < -0.4 is 10.6 Å². The van der Waals surface area contributed by atoms with Crippen LogP contribution >= 0.6 is 0 Å². The number of aromatic nitrogens is 2. The lowest BCUT2D eigenvalue weighted by Gasteiger charge is -2.26. The Morgan fingerprint density at radius 2 is 2.20 bits per heavy atom. The van der Waals surface area contributed by atoms with Gasteiger partial charge in [0, 0.05) is 38.4 Å². The smallest absolute Gasteiger partial charge is 0.271 e. The van der Waals surface area contributed by atoms with Crippen LogP contribution in [0.4, 0.5) is 0 Å². The number of carbonyl (C=O) groups excluding carboxylic acids is 1. The van der Waals surface area contributed by atoms with Crippen molar-refractivity contribution >= 4 is 5.91 Å². The third-order valence-corrected chi connectivity index (χ3v) is 3.60. The Hall–Kier alpha value is -1.40. The minimum absolute atomic E-state index is 0.0894. The maximum absolute atomic E-state index is 11.9. The normalized spacial score (nSPS) is 16.6. The molecule has 0 radical (unpaired) electrons. The van der Waals surface area contributed by atoms with Gasteiger partial charge >= 0.3 is 0 Å². The Morgan fingerprint density at radius 3 is 2.85 bits per heavy atom. The quantitative estimate of drug-likeness (QED) is 0.665. The first-order chi connectivity index (χ1) is 9.66. The van der Waals surface area contributed by atoms with Crippen LogP contribution in [0.2, 0.25) is 0 Å². The molecule has 0 saturated carbocycles. The number of nitrogens with one attached hydrogen (secondary N) is 3. The minimum Gasteiger partial charge on any atom is -0.351 e. The average Bonchev–Trinajstić information content (AvgIpc) is 2.94. The molecule has 0 aromatic carbocycles. The number of carbonyl (C=O) groups is 1. The SMILES string of the molecule is CC(C)c1cc(C(=O)NCCCN2CCNCC2)n[nH]1. The number of H-pyrrole nitrogens is 1. The van der Waals surface area contributed by atoms with Gasteiger partial charge in [-0.15, -0.1) is 0 Å². The van der Waals surface area contributed by atoms with Crippen molar-refractivity contribution in [3.05, 3.63) is 17.5 Å². The van der Waals surface area contributed by atoms with Gasteiger partial charge in [-0.3, -0.25) is 9.89 Å². The maximum atomic E-state index is 11.9. The Labute approximate surface area is 120 Å². The minimum atomic E-state index is -0.0894. The highest BCUT2D eigenvalue weighted by Crippen LogP contribution is 2.11. The summed E-state index contributed by atoms with van der Waals surface area (Å²) in [5, 5.41) is 13.2. The molecule has 112 valence electrons. The van der Waals surface area contributed by atoms with E-state index in [9.17, 15) is 4.79 Å². The van der Waals surface area contributed by atoms with Crippen LogP contribution in [0.1, 0.15) is 42.4 Å². The monoisotopic (exact) mass is 279 g/mol. The second-order valence-corrected chi connectivity index (χ2v) is 5.56. The number of hydrogen-bond donors (Lipinski definition) is 3. The third-order valence-electron chi connectivity index (χ3n) is 3.60. The molecule has 1 amide bonds. The summed E-state index contributed by atoms with van der Waals surface area (Å²) >= 11 is 0. The molecular formula is C14H25N5O.